The third-order valence-corrected chi connectivity index (χ3v) is 2.90. The summed E-state index contributed by atoms with van der Waals surface area (Å²) in [5.74, 6) is -0.822. The first-order chi connectivity index (χ1) is 7.61. The van der Waals surface area contributed by atoms with E-state index in [9.17, 15) is 9.18 Å². The van der Waals surface area contributed by atoms with Crippen LogP contribution in [-0.4, -0.2) is 35.6 Å². The topological polar surface area (TPSA) is 40.5 Å². The lowest BCUT2D eigenvalue weighted by atomic mass is 10.00. The number of amides is 1. The summed E-state index contributed by atoms with van der Waals surface area (Å²) in [7, 11) is 0. The van der Waals surface area contributed by atoms with E-state index in [1.807, 2.05) is 0 Å². The van der Waals surface area contributed by atoms with Crippen molar-refractivity contribution in [3.8, 4) is 0 Å². The molecule has 1 N–H and O–H groups in total. The average molecular weight is 244 g/mol. The van der Waals surface area contributed by atoms with E-state index in [4.69, 9.17) is 16.7 Å². The first kappa shape index (κ1) is 11.4. The van der Waals surface area contributed by atoms with Crippen LogP contribution in [0.25, 0.3) is 0 Å². The summed E-state index contributed by atoms with van der Waals surface area (Å²) in [5, 5.41) is 9.16. The Morgan fingerprint density at radius 1 is 1.56 bits per heavy atom. The van der Waals surface area contributed by atoms with E-state index in [2.05, 4.69) is 0 Å². The Bertz CT molecular complexity index is 418. The molecule has 16 heavy (non-hydrogen) atoms. The molecule has 0 radical (unpaired) electrons. The van der Waals surface area contributed by atoms with Gasteiger partial charge in [-0.3, -0.25) is 4.79 Å². The van der Waals surface area contributed by atoms with Gasteiger partial charge in [0.25, 0.3) is 5.91 Å². The molecule has 5 heteroatoms. The second kappa shape index (κ2) is 4.39. The Labute approximate surface area is 97.4 Å². The summed E-state index contributed by atoms with van der Waals surface area (Å²) < 4.78 is 13.4. The number of likely N-dealkylation sites (tertiary alicyclic amines) is 1. The van der Waals surface area contributed by atoms with Crippen LogP contribution in [-0.2, 0) is 0 Å². The monoisotopic (exact) mass is 243 g/mol. The SMILES string of the molecule is O=C(c1cc(Cl)ccc1F)N1CC(CO)C1. The highest BCUT2D eigenvalue weighted by Gasteiger charge is 2.31. The van der Waals surface area contributed by atoms with Gasteiger partial charge in [0.1, 0.15) is 5.82 Å². The minimum absolute atomic E-state index is 0.0103. The molecule has 1 aliphatic rings. The number of nitrogens with zero attached hydrogens (tertiary/aromatic N) is 1. The van der Waals surface area contributed by atoms with E-state index in [1.54, 1.807) is 0 Å². The van der Waals surface area contributed by atoms with Crippen LogP contribution >= 0.6 is 11.6 Å². The standard InChI is InChI=1S/C11H11ClFNO2/c12-8-1-2-10(13)9(3-8)11(16)14-4-7(5-14)6-15/h1-3,7,15H,4-6H2. The quantitative estimate of drug-likeness (QED) is 0.856. The van der Waals surface area contributed by atoms with Gasteiger partial charge in [0.2, 0.25) is 0 Å². The second-order valence-electron chi connectivity index (χ2n) is 3.88. The van der Waals surface area contributed by atoms with Crippen molar-refractivity contribution in [1.82, 2.24) is 4.90 Å². The van der Waals surface area contributed by atoms with Gasteiger partial charge in [-0.1, -0.05) is 11.6 Å². The molecule has 1 saturated heterocycles. The molecule has 0 atom stereocenters. The largest absolute Gasteiger partial charge is 0.396 e. The number of aliphatic hydroxyl groups is 1. The van der Waals surface area contributed by atoms with Crippen molar-refractivity contribution in [3.05, 3.63) is 34.6 Å². The number of carbonyl (C=O) groups excluding carboxylic acids is 1. The Morgan fingerprint density at radius 3 is 2.88 bits per heavy atom. The number of aliphatic hydroxyl groups excluding tert-OH is 1. The highest BCUT2D eigenvalue weighted by atomic mass is 35.5. The Hall–Kier alpha value is -1.13. The van der Waals surface area contributed by atoms with E-state index in [-0.39, 0.29) is 24.0 Å². The minimum atomic E-state index is -0.568. The van der Waals surface area contributed by atoms with Gasteiger partial charge in [0, 0.05) is 30.6 Å². The number of hydrogen-bond donors (Lipinski definition) is 1. The van der Waals surface area contributed by atoms with Crippen LogP contribution in [0.5, 0.6) is 0 Å². The fourth-order valence-electron chi connectivity index (χ4n) is 1.68. The van der Waals surface area contributed by atoms with E-state index < -0.39 is 5.82 Å². The smallest absolute Gasteiger partial charge is 0.256 e. The molecular weight excluding hydrogens is 233 g/mol. The predicted octanol–water partition coefficient (Wildman–Crippen LogP) is 1.54. The highest BCUT2D eigenvalue weighted by Crippen LogP contribution is 2.21. The Balaban J connectivity index is 2.13. The van der Waals surface area contributed by atoms with Crippen molar-refractivity contribution in [1.29, 1.82) is 0 Å². The van der Waals surface area contributed by atoms with E-state index in [1.165, 1.54) is 23.1 Å². The summed E-state index contributed by atoms with van der Waals surface area (Å²) in [5.41, 5.74) is -0.0103. The van der Waals surface area contributed by atoms with Crippen LogP contribution in [0.1, 0.15) is 10.4 Å². The molecule has 0 unspecified atom stereocenters. The summed E-state index contributed by atoms with van der Waals surface area (Å²) in [6.45, 7) is 1.00. The maximum Gasteiger partial charge on any atom is 0.256 e. The van der Waals surface area contributed by atoms with Crippen LogP contribution in [0.2, 0.25) is 5.02 Å². The normalized spacial score (nSPS) is 16.1. The number of carbonyl (C=O) groups is 1. The number of rotatable bonds is 2. The van der Waals surface area contributed by atoms with Gasteiger partial charge >= 0.3 is 0 Å². The second-order valence-corrected chi connectivity index (χ2v) is 4.32. The molecule has 1 fully saturated rings. The lowest BCUT2D eigenvalue weighted by Gasteiger charge is -2.38. The summed E-state index contributed by atoms with van der Waals surface area (Å²) >= 11 is 5.71. The third-order valence-electron chi connectivity index (χ3n) is 2.66. The van der Waals surface area contributed by atoms with Gasteiger partial charge in [-0.2, -0.15) is 0 Å². The van der Waals surface area contributed by atoms with Crippen molar-refractivity contribution >= 4 is 17.5 Å². The molecule has 1 aromatic carbocycles. The zero-order valence-electron chi connectivity index (χ0n) is 8.49. The molecule has 3 nitrogen and oxygen atoms in total. The van der Waals surface area contributed by atoms with Gasteiger partial charge in [-0.25, -0.2) is 4.39 Å². The van der Waals surface area contributed by atoms with E-state index in [0.29, 0.717) is 18.1 Å². The average Bonchev–Trinajstić information content (AvgIpc) is 2.20. The fourth-order valence-corrected chi connectivity index (χ4v) is 1.86. The van der Waals surface area contributed by atoms with Crippen LogP contribution in [0.4, 0.5) is 4.39 Å². The third kappa shape index (κ3) is 2.03. The van der Waals surface area contributed by atoms with Gasteiger partial charge in [-0.05, 0) is 18.2 Å². The molecule has 1 amide bonds. The minimum Gasteiger partial charge on any atom is -0.396 e. The van der Waals surface area contributed by atoms with Crippen molar-refractivity contribution < 1.29 is 14.3 Å². The molecule has 2 rings (SSSR count). The van der Waals surface area contributed by atoms with Gasteiger partial charge in [0.05, 0.1) is 5.56 Å². The Kier molecular flexibility index (Phi) is 3.12. The first-order valence-electron chi connectivity index (χ1n) is 4.97. The van der Waals surface area contributed by atoms with Crippen LogP contribution in [0.15, 0.2) is 18.2 Å². The van der Waals surface area contributed by atoms with Gasteiger partial charge < -0.3 is 10.0 Å². The Morgan fingerprint density at radius 2 is 2.25 bits per heavy atom. The lowest BCUT2D eigenvalue weighted by molar-refractivity contribution is 0.0358. The molecule has 0 saturated carbocycles. The number of benzene rings is 1. The molecule has 0 aromatic heterocycles. The maximum absolute atomic E-state index is 13.4. The lowest BCUT2D eigenvalue weighted by Crippen LogP contribution is -2.51. The summed E-state index contributed by atoms with van der Waals surface area (Å²) in [4.78, 5) is 13.3. The first-order valence-corrected chi connectivity index (χ1v) is 5.35. The predicted molar refractivity (Wildman–Crippen MR) is 57.9 cm³/mol. The molecule has 0 spiro atoms. The van der Waals surface area contributed by atoms with Crippen LogP contribution in [0.3, 0.4) is 0 Å². The molecule has 0 bridgehead atoms. The van der Waals surface area contributed by atoms with Crippen LogP contribution < -0.4 is 0 Å². The summed E-state index contributed by atoms with van der Waals surface area (Å²) in [6, 6.07) is 3.91. The zero-order chi connectivity index (χ0) is 11.7. The van der Waals surface area contributed by atoms with Gasteiger partial charge in [0.15, 0.2) is 0 Å². The zero-order valence-corrected chi connectivity index (χ0v) is 9.25. The molecule has 1 heterocycles. The van der Waals surface area contributed by atoms with Crippen LogP contribution in [0, 0.1) is 11.7 Å². The van der Waals surface area contributed by atoms with Crippen molar-refractivity contribution in [2.24, 2.45) is 5.92 Å². The van der Waals surface area contributed by atoms with Crippen molar-refractivity contribution in [2.45, 2.75) is 0 Å². The van der Waals surface area contributed by atoms with E-state index in [0.717, 1.165) is 0 Å². The molecule has 86 valence electrons. The highest BCUT2D eigenvalue weighted by molar-refractivity contribution is 6.31. The number of halogens is 2. The van der Waals surface area contributed by atoms with Crippen molar-refractivity contribution in [2.75, 3.05) is 19.7 Å². The van der Waals surface area contributed by atoms with Crippen molar-refractivity contribution in [3.63, 3.8) is 0 Å². The summed E-state index contributed by atoms with van der Waals surface area (Å²) in [6.07, 6.45) is 0. The molecule has 1 aliphatic heterocycles. The molecular formula is C11H11ClFNO2. The molecule has 1 aromatic rings. The maximum atomic E-state index is 13.4. The van der Waals surface area contributed by atoms with Gasteiger partial charge in [-0.15, -0.1) is 0 Å². The molecule has 0 aliphatic carbocycles. The number of hydrogen-bond acceptors (Lipinski definition) is 2. The fraction of sp³-hybridized carbons (Fsp3) is 0.364. The van der Waals surface area contributed by atoms with E-state index >= 15 is 0 Å².